The van der Waals surface area contributed by atoms with Crippen LogP contribution in [0.2, 0.25) is 0 Å². The van der Waals surface area contributed by atoms with Crippen molar-refractivity contribution in [2.24, 2.45) is 11.8 Å². The van der Waals surface area contributed by atoms with Crippen molar-refractivity contribution in [1.29, 1.82) is 0 Å². The van der Waals surface area contributed by atoms with E-state index in [1.807, 2.05) is 0 Å². The summed E-state index contributed by atoms with van der Waals surface area (Å²) in [6.45, 7) is 8.89. The Hall–Kier alpha value is -0.260. The summed E-state index contributed by atoms with van der Waals surface area (Å²) in [5, 5.41) is 0. The molecule has 0 fully saturated rings. The third-order valence-corrected chi connectivity index (χ3v) is 1.13. The molecule has 0 aliphatic carbocycles. The van der Waals surface area contributed by atoms with Gasteiger partial charge >= 0.3 is 0 Å². The molecule has 0 heterocycles. The monoisotopic (exact) mass is 126 g/mol. The van der Waals surface area contributed by atoms with Crippen molar-refractivity contribution >= 4 is 0 Å². The van der Waals surface area contributed by atoms with Gasteiger partial charge in [0, 0.05) is 0 Å². The minimum absolute atomic E-state index is 0.712. The molecule has 0 aromatic carbocycles. The Morgan fingerprint density at radius 2 is 1.67 bits per heavy atom. The van der Waals surface area contributed by atoms with Gasteiger partial charge < -0.3 is 0 Å². The zero-order chi connectivity index (χ0) is 7.28. The molecule has 0 aromatic heterocycles. The molecule has 0 N–H and O–H groups in total. The highest BCUT2D eigenvalue weighted by Gasteiger charge is 1.87. The van der Waals surface area contributed by atoms with Gasteiger partial charge in [-0.2, -0.15) is 0 Å². The van der Waals surface area contributed by atoms with Gasteiger partial charge in [0.15, 0.2) is 0 Å². The maximum atomic E-state index is 2.27. The van der Waals surface area contributed by atoms with Crippen molar-refractivity contribution < 1.29 is 0 Å². The van der Waals surface area contributed by atoms with Crippen molar-refractivity contribution in [2.45, 2.75) is 34.1 Å². The van der Waals surface area contributed by atoms with Gasteiger partial charge in [-0.05, 0) is 18.3 Å². The predicted octanol–water partition coefficient (Wildman–Crippen LogP) is 3.24. The molecule has 0 aliphatic rings. The van der Waals surface area contributed by atoms with E-state index in [4.69, 9.17) is 0 Å². The summed E-state index contributed by atoms with van der Waals surface area (Å²) in [5.41, 5.74) is 0. The van der Waals surface area contributed by atoms with Crippen LogP contribution in [0.5, 0.6) is 0 Å². The Labute approximate surface area is 59.0 Å². The van der Waals surface area contributed by atoms with E-state index in [0.717, 1.165) is 5.92 Å². The summed E-state index contributed by atoms with van der Waals surface area (Å²) in [6, 6.07) is 0. The largest absolute Gasteiger partial charge is 0.0880 e. The van der Waals surface area contributed by atoms with Gasteiger partial charge in [0.25, 0.3) is 0 Å². The lowest BCUT2D eigenvalue weighted by molar-refractivity contribution is 0.659. The highest BCUT2D eigenvalue weighted by molar-refractivity contribution is 4.84. The number of hydrogen-bond donors (Lipinski definition) is 0. The van der Waals surface area contributed by atoms with E-state index in [1.165, 1.54) is 6.42 Å². The van der Waals surface area contributed by atoms with Crippen LogP contribution in [0.15, 0.2) is 12.2 Å². The molecule has 0 saturated heterocycles. The molecule has 0 radical (unpaired) electrons. The second kappa shape index (κ2) is 4.60. The van der Waals surface area contributed by atoms with Gasteiger partial charge in [-0.1, -0.05) is 39.8 Å². The highest BCUT2D eigenvalue weighted by atomic mass is 13.9. The molecule has 0 aromatic rings. The molecule has 0 bridgehead atoms. The van der Waals surface area contributed by atoms with Gasteiger partial charge in [-0.25, -0.2) is 0 Å². The van der Waals surface area contributed by atoms with Gasteiger partial charge in [-0.3, -0.25) is 0 Å². The first kappa shape index (κ1) is 8.74. The van der Waals surface area contributed by atoms with Gasteiger partial charge in [0.2, 0.25) is 0 Å². The lowest BCUT2D eigenvalue weighted by Gasteiger charge is -1.97. The van der Waals surface area contributed by atoms with Crippen LogP contribution in [0.3, 0.4) is 0 Å². The lowest BCUT2D eigenvalue weighted by atomic mass is 10.1. The topological polar surface area (TPSA) is 0 Å². The Morgan fingerprint density at radius 1 is 1.11 bits per heavy atom. The number of hydrogen-bond acceptors (Lipinski definition) is 0. The van der Waals surface area contributed by atoms with Crippen LogP contribution in [-0.2, 0) is 0 Å². The first-order valence-electron chi connectivity index (χ1n) is 3.79. The molecular weight excluding hydrogens is 108 g/mol. The molecule has 0 heteroatoms. The van der Waals surface area contributed by atoms with E-state index in [9.17, 15) is 0 Å². The third kappa shape index (κ3) is 7.74. The zero-order valence-corrected chi connectivity index (χ0v) is 7.02. The fourth-order valence-electron chi connectivity index (χ4n) is 0.623. The van der Waals surface area contributed by atoms with Crippen LogP contribution in [0.25, 0.3) is 0 Å². The molecule has 0 spiro atoms. The van der Waals surface area contributed by atoms with Gasteiger partial charge in [0.1, 0.15) is 0 Å². The average molecular weight is 126 g/mol. The first-order chi connectivity index (χ1) is 4.13. The molecule has 9 heavy (non-hydrogen) atoms. The van der Waals surface area contributed by atoms with E-state index in [1.54, 1.807) is 0 Å². The first-order valence-corrected chi connectivity index (χ1v) is 3.79. The molecule has 0 amide bonds. The fourth-order valence-corrected chi connectivity index (χ4v) is 0.623. The van der Waals surface area contributed by atoms with E-state index < -0.39 is 0 Å². The molecule has 54 valence electrons. The summed E-state index contributed by atoms with van der Waals surface area (Å²) >= 11 is 0. The van der Waals surface area contributed by atoms with E-state index in [-0.39, 0.29) is 0 Å². The van der Waals surface area contributed by atoms with E-state index in [0.29, 0.717) is 5.92 Å². The van der Waals surface area contributed by atoms with Crippen molar-refractivity contribution in [1.82, 2.24) is 0 Å². The summed E-state index contributed by atoms with van der Waals surface area (Å²) in [6.07, 6.45) is 5.76. The Kier molecular flexibility index (Phi) is 4.47. The smallest absolute Gasteiger partial charge is 0.0290 e. The quantitative estimate of drug-likeness (QED) is 0.509. The van der Waals surface area contributed by atoms with Gasteiger partial charge in [-0.15, -0.1) is 0 Å². The summed E-state index contributed by atoms with van der Waals surface area (Å²) in [4.78, 5) is 0. The number of allylic oxidation sites excluding steroid dienone is 2. The van der Waals surface area contributed by atoms with Crippen LogP contribution in [0, 0.1) is 11.8 Å². The van der Waals surface area contributed by atoms with Crippen molar-refractivity contribution in [3.8, 4) is 0 Å². The van der Waals surface area contributed by atoms with E-state index in [2.05, 4.69) is 39.8 Å². The van der Waals surface area contributed by atoms with Gasteiger partial charge in [0.05, 0.1) is 0 Å². The van der Waals surface area contributed by atoms with Crippen LogP contribution >= 0.6 is 0 Å². The summed E-state index contributed by atoms with van der Waals surface area (Å²) in [7, 11) is 0. The maximum absolute atomic E-state index is 2.27. The zero-order valence-electron chi connectivity index (χ0n) is 7.02. The normalized spacial score (nSPS) is 12.2. The predicted molar refractivity (Wildman–Crippen MR) is 43.4 cm³/mol. The van der Waals surface area contributed by atoms with Crippen LogP contribution in [0.1, 0.15) is 34.1 Å². The van der Waals surface area contributed by atoms with E-state index >= 15 is 0 Å². The summed E-state index contributed by atoms with van der Waals surface area (Å²) < 4.78 is 0. The number of rotatable bonds is 3. The lowest BCUT2D eigenvalue weighted by Crippen LogP contribution is -1.83. The third-order valence-electron chi connectivity index (χ3n) is 1.13. The minimum Gasteiger partial charge on any atom is -0.0880 e. The molecule has 0 aliphatic heterocycles. The van der Waals surface area contributed by atoms with Crippen molar-refractivity contribution in [3.63, 3.8) is 0 Å². The van der Waals surface area contributed by atoms with Crippen molar-refractivity contribution in [2.75, 3.05) is 0 Å². The van der Waals surface area contributed by atoms with Crippen molar-refractivity contribution in [3.05, 3.63) is 12.2 Å². The highest BCUT2D eigenvalue weighted by Crippen LogP contribution is 2.02. The molecule has 0 atom stereocenters. The fraction of sp³-hybridized carbons (Fsp3) is 0.778. The molecule has 0 saturated carbocycles. The Bertz CT molecular complexity index is 78.0. The summed E-state index contributed by atoms with van der Waals surface area (Å²) in [5.74, 6) is 1.52. The SMILES string of the molecule is CC(C)/C=C\CC(C)C. The standard InChI is InChI=1S/C9H18/c1-8(2)6-5-7-9(3)4/h5-6,8-9H,7H2,1-4H3/b6-5-. The Balaban J connectivity index is 3.25. The van der Waals surface area contributed by atoms with Crippen LogP contribution in [-0.4, -0.2) is 0 Å². The minimum atomic E-state index is 0.712. The maximum Gasteiger partial charge on any atom is -0.0290 e. The molecule has 0 nitrogen and oxygen atoms in total. The van der Waals surface area contributed by atoms with Crippen LogP contribution in [0.4, 0.5) is 0 Å². The Morgan fingerprint density at radius 3 is 2.00 bits per heavy atom. The second-order valence-electron chi connectivity index (χ2n) is 3.30. The van der Waals surface area contributed by atoms with Crippen LogP contribution < -0.4 is 0 Å². The average Bonchev–Trinajstić information content (AvgIpc) is 1.63. The molecule has 0 unspecified atom stereocenters. The molecular formula is C9H18. The second-order valence-corrected chi connectivity index (χ2v) is 3.30. The molecule has 0 rings (SSSR count).